The Morgan fingerprint density at radius 3 is 2.08 bits per heavy atom. The van der Waals surface area contributed by atoms with Gasteiger partial charge in [-0.05, 0) is 19.4 Å². The Morgan fingerprint density at radius 1 is 1.15 bits per heavy atom. The average molecular weight is 417 g/mol. The maximum atomic E-state index is 12.7. The Bertz CT molecular complexity index is 744. The van der Waals surface area contributed by atoms with E-state index in [1.807, 2.05) is 0 Å². The molecule has 7 nitrogen and oxygen atoms in total. The fourth-order valence-electron chi connectivity index (χ4n) is 1.90. The lowest BCUT2D eigenvalue weighted by Crippen LogP contribution is -2.28. The topological polar surface area (TPSA) is 103 Å². The van der Waals surface area contributed by atoms with E-state index in [1.54, 1.807) is 6.07 Å². The first kappa shape index (κ1) is 22.8. The third-order valence-corrected chi connectivity index (χ3v) is 6.10. The molecule has 0 aromatic heterocycles. The molecule has 0 radical (unpaired) electrons. The van der Waals surface area contributed by atoms with Gasteiger partial charge in [0.2, 0.25) is 0 Å². The third kappa shape index (κ3) is 5.88. The van der Waals surface area contributed by atoms with Crippen LogP contribution in [0.2, 0.25) is 0 Å². The molecule has 148 valence electrons. The van der Waals surface area contributed by atoms with Crippen molar-refractivity contribution < 1.29 is 39.4 Å². The van der Waals surface area contributed by atoms with Crippen LogP contribution in [0.25, 0.3) is 0 Å². The van der Waals surface area contributed by atoms with Crippen molar-refractivity contribution in [2.45, 2.75) is 31.9 Å². The monoisotopic (exact) mass is 417 g/mol. The molecule has 0 amide bonds. The lowest BCUT2D eigenvalue weighted by atomic mass is 10.1. The summed E-state index contributed by atoms with van der Waals surface area (Å²) in [7, 11) is -9.99. The molecular formula is C14H19F3NO6PS. The minimum absolute atomic E-state index is 0.0598. The van der Waals surface area contributed by atoms with Crippen LogP contribution in [0.4, 0.5) is 13.2 Å². The van der Waals surface area contributed by atoms with E-state index in [4.69, 9.17) is 14.5 Å². The summed E-state index contributed by atoms with van der Waals surface area (Å²) >= 11 is 0. The Labute approximate surface area is 149 Å². The first-order valence-corrected chi connectivity index (χ1v) is 10.4. The molecule has 26 heavy (non-hydrogen) atoms. The molecular weight excluding hydrogens is 398 g/mol. The van der Waals surface area contributed by atoms with E-state index in [9.17, 15) is 26.2 Å². The lowest BCUT2D eigenvalue weighted by molar-refractivity contribution is -0.0572. The predicted molar refractivity (Wildman–Crippen MR) is 88.4 cm³/mol. The Kier molecular flexibility index (Phi) is 7.97. The number of alkyl halides is 3. The van der Waals surface area contributed by atoms with Crippen LogP contribution in [0.3, 0.4) is 0 Å². The number of rotatable bonds is 10. The zero-order valence-corrected chi connectivity index (χ0v) is 15.7. The molecule has 0 heterocycles. The number of benzene rings is 1. The van der Waals surface area contributed by atoms with Gasteiger partial charge in [0.1, 0.15) is 11.6 Å². The summed E-state index contributed by atoms with van der Waals surface area (Å²) in [4.78, 5) is 0. The van der Waals surface area contributed by atoms with Gasteiger partial charge in [0.05, 0.1) is 13.2 Å². The second-order valence-corrected chi connectivity index (χ2v) is 8.49. The van der Waals surface area contributed by atoms with Crippen molar-refractivity contribution in [3.63, 3.8) is 0 Å². The first-order chi connectivity index (χ1) is 12.0. The maximum absolute atomic E-state index is 12.7. The van der Waals surface area contributed by atoms with Gasteiger partial charge in [-0.1, -0.05) is 30.3 Å². The lowest BCUT2D eigenvalue weighted by Gasteiger charge is -2.22. The minimum atomic E-state index is -5.93. The molecule has 0 aliphatic carbocycles. The van der Waals surface area contributed by atoms with E-state index in [0.717, 1.165) is 0 Å². The van der Waals surface area contributed by atoms with Gasteiger partial charge in [0.25, 0.3) is 0 Å². The molecule has 1 aromatic carbocycles. The molecule has 1 N–H and O–H groups in total. The van der Waals surface area contributed by atoms with Gasteiger partial charge in [0, 0.05) is 6.42 Å². The molecule has 0 aliphatic heterocycles. The van der Waals surface area contributed by atoms with Crippen LogP contribution in [0.1, 0.15) is 31.9 Å². The molecule has 1 atom stereocenters. The summed E-state index contributed by atoms with van der Waals surface area (Å²) in [5.74, 6) is 0. The van der Waals surface area contributed by atoms with Crippen LogP contribution in [-0.4, -0.2) is 32.6 Å². The molecule has 0 aliphatic rings. The van der Waals surface area contributed by atoms with Gasteiger partial charge >= 0.3 is 23.2 Å². The smallest absolute Gasteiger partial charge is 0.305 e. The number of hydrogen-bond donors (Lipinski definition) is 1. The Morgan fingerprint density at radius 2 is 1.65 bits per heavy atom. The minimum Gasteiger partial charge on any atom is -0.305 e. The first-order valence-electron chi connectivity index (χ1n) is 7.48. The summed E-state index contributed by atoms with van der Waals surface area (Å²) in [5.41, 5.74) is -6.26. The molecule has 12 heteroatoms. The highest BCUT2D eigenvalue weighted by Crippen LogP contribution is 2.51. The second-order valence-electron chi connectivity index (χ2n) is 4.88. The van der Waals surface area contributed by atoms with E-state index in [2.05, 4.69) is 4.18 Å². The van der Waals surface area contributed by atoms with Crippen LogP contribution in [-0.2, 0) is 27.9 Å². The van der Waals surface area contributed by atoms with Crippen molar-refractivity contribution in [1.82, 2.24) is 0 Å². The van der Waals surface area contributed by atoms with Crippen LogP contribution >= 0.6 is 7.60 Å². The third-order valence-electron chi connectivity index (χ3n) is 3.01. The zero-order chi connectivity index (χ0) is 20.0. The summed E-state index contributed by atoms with van der Waals surface area (Å²) in [6.45, 7) is 2.85. The van der Waals surface area contributed by atoms with Gasteiger partial charge in [-0.2, -0.15) is 21.6 Å². The van der Waals surface area contributed by atoms with Crippen molar-refractivity contribution in [3.8, 4) is 0 Å². The van der Waals surface area contributed by atoms with E-state index in [-0.39, 0.29) is 18.8 Å². The van der Waals surface area contributed by atoms with Crippen molar-refractivity contribution in [2.75, 3.05) is 13.2 Å². The van der Waals surface area contributed by atoms with Gasteiger partial charge in [-0.3, -0.25) is 14.2 Å². The van der Waals surface area contributed by atoms with E-state index in [0.29, 0.717) is 0 Å². The normalized spacial score (nSPS) is 14.2. The summed E-state index contributed by atoms with van der Waals surface area (Å²) < 4.78 is 87.4. The SMILES string of the molecule is CCOP(=O)(OCC)C(=N)CC(OS(=O)(=O)C(F)(F)F)c1ccccc1. The van der Waals surface area contributed by atoms with Crippen molar-refractivity contribution >= 4 is 23.2 Å². The summed E-state index contributed by atoms with van der Waals surface area (Å²) in [5, 5.41) is 7.92. The van der Waals surface area contributed by atoms with Crippen LogP contribution < -0.4 is 0 Å². The van der Waals surface area contributed by atoms with E-state index >= 15 is 0 Å². The highest BCUT2D eigenvalue weighted by Gasteiger charge is 2.49. The zero-order valence-electron chi connectivity index (χ0n) is 14.0. The molecule has 1 unspecified atom stereocenters. The van der Waals surface area contributed by atoms with Gasteiger partial charge < -0.3 is 9.05 Å². The average Bonchev–Trinajstić information content (AvgIpc) is 2.54. The van der Waals surface area contributed by atoms with Crippen molar-refractivity contribution in [3.05, 3.63) is 35.9 Å². The molecule has 1 rings (SSSR count). The Hall–Kier alpha value is -1.26. The highest BCUT2D eigenvalue weighted by molar-refractivity contribution is 7.87. The fourth-order valence-corrected chi connectivity index (χ4v) is 3.95. The molecule has 0 fully saturated rings. The quantitative estimate of drug-likeness (QED) is 0.265. The molecule has 0 saturated carbocycles. The highest BCUT2D eigenvalue weighted by atomic mass is 32.2. The Balaban J connectivity index is 3.19. The van der Waals surface area contributed by atoms with E-state index in [1.165, 1.54) is 38.1 Å². The van der Waals surface area contributed by atoms with Crippen LogP contribution in [0.15, 0.2) is 30.3 Å². The van der Waals surface area contributed by atoms with Gasteiger partial charge in [-0.25, -0.2) is 0 Å². The molecule has 0 saturated heterocycles. The number of hydrogen-bond acceptors (Lipinski definition) is 7. The molecule has 0 spiro atoms. The fraction of sp³-hybridized carbons (Fsp3) is 0.500. The summed E-state index contributed by atoms with van der Waals surface area (Å²) in [6.07, 6.45) is -2.44. The van der Waals surface area contributed by atoms with Gasteiger partial charge in [0.15, 0.2) is 0 Å². The summed E-state index contributed by atoms with van der Waals surface area (Å²) in [6, 6.07) is 7.14. The molecule has 0 bridgehead atoms. The van der Waals surface area contributed by atoms with E-state index < -0.39 is 41.2 Å². The predicted octanol–water partition coefficient (Wildman–Crippen LogP) is 4.23. The van der Waals surface area contributed by atoms with Crippen molar-refractivity contribution in [2.24, 2.45) is 0 Å². The van der Waals surface area contributed by atoms with Gasteiger partial charge in [-0.15, -0.1) is 0 Å². The number of nitrogens with one attached hydrogen (secondary N) is 1. The molecule has 1 aromatic rings. The second kappa shape index (κ2) is 9.09. The van der Waals surface area contributed by atoms with Crippen LogP contribution in [0, 0.1) is 5.41 Å². The van der Waals surface area contributed by atoms with Crippen molar-refractivity contribution in [1.29, 1.82) is 5.41 Å². The standard InChI is InChI=1S/C14H19F3NO6PS/c1-3-22-25(19,23-4-2)13(18)10-12(11-8-6-5-7-9-11)24-26(20,21)14(15,16)17/h5-9,12,18H,3-4,10H2,1-2H3. The number of halogens is 3. The largest absolute Gasteiger partial charge is 0.523 e. The maximum Gasteiger partial charge on any atom is 0.523 e. The van der Waals surface area contributed by atoms with Crippen LogP contribution in [0.5, 0.6) is 0 Å².